The van der Waals surface area contributed by atoms with Gasteiger partial charge in [-0.15, -0.1) is 17.5 Å². The summed E-state index contributed by atoms with van der Waals surface area (Å²) in [4.78, 5) is 14.6. The van der Waals surface area contributed by atoms with Crippen molar-refractivity contribution in [2.24, 2.45) is 11.7 Å². The lowest BCUT2D eigenvalue weighted by Crippen LogP contribution is -2.43. The van der Waals surface area contributed by atoms with Crippen LogP contribution < -0.4 is 11.4 Å². The second kappa shape index (κ2) is 7.26. The Morgan fingerprint density at radius 1 is 1.41 bits per heavy atom. The van der Waals surface area contributed by atoms with Crippen molar-refractivity contribution in [3.63, 3.8) is 0 Å². The van der Waals surface area contributed by atoms with Crippen molar-refractivity contribution in [1.29, 1.82) is 0 Å². The lowest BCUT2D eigenvalue weighted by atomic mass is 9.92. The Balaban J connectivity index is 0.00000176. The number of piperidine rings is 1. The number of pyridine rings is 1. The molecular weight excluding hydrogens is 302 g/mol. The quantitative estimate of drug-likeness (QED) is 0.909. The highest BCUT2D eigenvalue weighted by atomic mass is 35.5. The van der Waals surface area contributed by atoms with Gasteiger partial charge in [0.25, 0.3) is 0 Å². The van der Waals surface area contributed by atoms with Gasteiger partial charge in [-0.25, -0.2) is 9.48 Å². The summed E-state index contributed by atoms with van der Waals surface area (Å²) >= 11 is 0. The second-order valence-electron chi connectivity index (χ2n) is 6.00. The van der Waals surface area contributed by atoms with E-state index < -0.39 is 0 Å². The first kappa shape index (κ1) is 17.0. The molecule has 6 nitrogen and oxygen atoms in total. The lowest BCUT2D eigenvalue weighted by molar-refractivity contribution is 0.154. The van der Waals surface area contributed by atoms with E-state index in [2.05, 4.69) is 16.9 Å². The molecule has 1 fully saturated rings. The maximum absolute atomic E-state index is 12.2. The first-order valence-electron chi connectivity index (χ1n) is 7.67. The molecule has 2 aromatic rings. The maximum Gasteiger partial charge on any atom is 0.350 e. The molecule has 0 radical (unpaired) electrons. The summed E-state index contributed by atoms with van der Waals surface area (Å²) in [5.41, 5.74) is 6.65. The molecule has 2 N–H and O–H groups in total. The van der Waals surface area contributed by atoms with Crippen LogP contribution in [-0.2, 0) is 6.54 Å². The van der Waals surface area contributed by atoms with Crippen LogP contribution in [0, 0.1) is 5.92 Å². The zero-order chi connectivity index (χ0) is 14.8. The van der Waals surface area contributed by atoms with E-state index in [4.69, 9.17) is 5.73 Å². The Morgan fingerprint density at radius 3 is 2.95 bits per heavy atom. The van der Waals surface area contributed by atoms with E-state index in [0.717, 1.165) is 19.6 Å². The van der Waals surface area contributed by atoms with Crippen LogP contribution in [-0.4, -0.2) is 44.8 Å². The van der Waals surface area contributed by atoms with E-state index in [-0.39, 0.29) is 24.1 Å². The Bertz CT molecular complexity index is 665. The average Bonchev–Trinajstić information content (AvgIpc) is 2.82. The van der Waals surface area contributed by atoms with Gasteiger partial charge in [-0.3, -0.25) is 4.40 Å². The molecule has 1 aliphatic heterocycles. The van der Waals surface area contributed by atoms with Crippen molar-refractivity contribution in [1.82, 2.24) is 19.1 Å². The van der Waals surface area contributed by atoms with Crippen LogP contribution in [0.25, 0.3) is 5.65 Å². The van der Waals surface area contributed by atoms with Crippen LogP contribution in [0.1, 0.15) is 19.8 Å². The highest BCUT2D eigenvalue weighted by Crippen LogP contribution is 2.18. The summed E-state index contributed by atoms with van der Waals surface area (Å²) in [5.74, 6) is 0.566. The summed E-state index contributed by atoms with van der Waals surface area (Å²) in [7, 11) is 0. The Labute approximate surface area is 136 Å². The van der Waals surface area contributed by atoms with Gasteiger partial charge in [-0.2, -0.15) is 0 Å². The SMILES string of the molecule is CC(N)C1CCCN(CCn2nc3ccccn3c2=O)C1.Cl. The molecule has 2 aromatic heterocycles. The molecule has 2 atom stereocenters. The molecule has 0 spiro atoms. The largest absolute Gasteiger partial charge is 0.350 e. The summed E-state index contributed by atoms with van der Waals surface area (Å²) in [6, 6.07) is 5.83. The zero-order valence-corrected chi connectivity index (χ0v) is 13.7. The number of hydrogen-bond donors (Lipinski definition) is 1. The number of hydrogen-bond acceptors (Lipinski definition) is 4. The Kier molecular flexibility index (Phi) is 5.61. The third-order valence-electron chi connectivity index (χ3n) is 4.40. The predicted octanol–water partition coefficient (Wildman–Crippen LogP) is 0.977. The highest BCUT2D eigenvalue weighted by Gasteiger charge is 2.22. The molecule has 1 saturated heterocycles. The molecule has 22 heavy (non-hydrogen) atoms. The molecule has 3 heterocycles. The van der Waals surface area contributed by atoms with Gasteiger partial charge in [-0.05, 0) is 44.4 Å². The highest BCUT2D eigenvalue weighted by molar-refractivity contribution is 5.85. The fraction of sp³-hybridized carbons (Fsp3) is 0.600. The topological polar surface area (TPSA) is 68.6 Å². The molecular formula is C15H24ClN5O. The van der Waals surface area contributed by atoms with Crippen LogP contribution in [0.4, 0.5) is 0 Å². The van der Waals surface area contributed by atoms with Crippen molar-refractivity contribution in [2.45, 2.75) is 32.4 Å². The van der Waals surface area contributed by atoms with Gasteiger partial charge in [0.1, 0.15) is 0 Å². The average molecular weight is 326 g/mol. The number of aromatic nitrogens is 3. The standard InChI is InChI=1S/C15H23N5O.ClH/c1-12(16)13-5-4-7-18(11-13)9-10-20-15(21)19-8-3-2-6-14(19)17-20;/h2-3,6,8,12-13H,4-5,7,9-11,16H2,1H3;1H. The second-order valence-corrected chi connectivity index (χ2v) is 6.00. The molecule has 0 bridgehead atoms. The third-order valence-corrected chi connectivity index (χ3v) is 4.40. The van der Waals surface area contributed by atoms with Gasteiger partial charge >= 0.3 is 5.69 Å². The van der Waals surface area contributed by atoms with E-state index >= 15 is 0 Å². The fourth-order valence-electron chi connectivity index (χ4n) is 3.07. The number of rotatable bonds is 4. The molecule has 0 aliphatic carbocycles. The predicted molar refractivity (Wildman–Crippen MR) is 89.5 cm³/mol. The molecule has 2 unspecified atom stereocenters. The van der Waals surface area contributed by atoms with Crippen LogP contribution in [0.3, 0.4) is 0 Å². The fourth-order valence-corrected chi connectivity index (χ4v) is 3.07. The Morgan fingerprint density at radius 2 is 2.23 bits per heavy atom. The monoisotopic (exact) mass is 325 g/mol. The van der Waals surface area contributed by atoms with Crippen molar-refractivity contribution >= 4 is 18.1 Å². The number of likely N-dealkylation sites (tertiary alicyclic amines) is 1. The number of nitrogens with zero attached hydrogens (tertiary/aromatic N) is 4. The van der Waals surface area contributed by atoms with Crippen LogP contribution >= 0.6 is 12.4 Å². The van der Waals surface area contributed by atoms with Gasteiger partial charge in [0.05, 0.1) is 6.54 Å². The van der Waals surface area contributed by atoms with E-state index in [1.807, 2.05) is 18.2 Å². The van der Waals surface area contributed by atoms with Gasteiger partial charge in [0.2, 0.25) is 0 Å². The zero-order valence-electron chi connectivity index (χ0n) is 12.9. The summed E-state index contributed by atoms with van der Waals surface area (Å²) in [6.07, 6.45) is 4.16. The summed E-state index contributed by atoms with van der Waals surface area (Å²) < 4.78 is 3.14. The van der Waals surface area contributed by atoms with Crippen molar-refractivity contribution in [2.75, 3.05) is 19.6 Å². The number of nitrogens with two attached hydrogens (primary N) is 1. The van der Waals surface area contributed by atoms with Gasteiger partial charge in [0, 0.05) is 25.3 Å². The van der Waals surface area contributed by atoms with E-state index in [1.165, 1.54) is 12.8 Å². The first-order valence-corrected chi connectivity index (χ1v) is 7.67. The van der Waals surface area contributed by atoms with E-state index in [9.17, 15) is 4.79 Å². The molecule has 0 saturated carbocycles. The maximum atomic E-state index is 12.2. The minimum absolute atomic E-state index is 0. The van der Waals surface area contributed by atoms with Gasteiger partial charge in [0.15, 0.2) is 5.65 Å². The van der Waals surface area contributed by atoms with Crippen molar-refractivity contribution < 1.29 is 0 Å². The van der Waals surface area contributed by atoms with Crippen molar-refractivity contribution in [3.8, 4) is 0 Å². The molecule has 0 aromatic carbocycles. The van der Waals surface area contributed by atoms with Crippen molar-refractivity contribution in [3.05, 3.63) is 34.9 Å². The van der Waals surface area contributed by atoms with E-state index in [0.29, 0.717) is 18.1 Å². The third kappa shape index (κ3) is 3.51. The molecule has 3 rings (SSSR count). The first-order chi connectivity index (χ1) is 10.1. The van der Waals surface area contributed by atoms with Crippen LogP contribution in [0.15, 0.2) is 29.2 Å². The van der Waals surface area contributed by atoms with Gasteiger partial charge in [-0.1, -0.05) is 6.07 Å². The Hall–Kier alpha value is -1.37. The summed E-state index contributed by atoms with van der Waals surface area (Å²) in [5, 5.41) is 4.37. The van der Waals surface area contributed by atoms with Crippen LogP contribution in [0.5, 0.6) is 0 Å². The number of fused-ring (bicyclic) bond motifs is 1. The normalized spacial score (nSPS) is 20.7. The minimum Gasteiger partial charge on any atom is -0.328 e. The number of halogens is 1. The summed E-state index contributed by atoms with van der Waals surface area (Å²) in [6.45, 7) is 5.69. The van der Waals surface area contributed by atoms with Gasteiger partial charge < -0.3 is 10.6 Å². The smallest absolute Gasteiger partial charge is 0.328 e. The molecule has 1 aliphatic rings. The van der Waals surface area contributed by atoms with E-state index in [1.54, 1.807) is 15.3 Å². The minimum atomic E-state index is -0.0636. The molecule has 7 heteroatoms. The lowest BCUT2D eigenvalue weighted by Gasteiger charge is -2.34. The molecule has 0 amide bonds. The molecule has 122 valence electrons. The van der Waals surface area contributed by atoms with Crippen LogP contribution in [0.2, 0.25) is 0 Å².